The van der Waals surface area contributed by atoms with Gasteiger partial charge in [0.2, 0.25) is 0 Å². The average molecular weight is 256 g/mol. The van der Waals surface area contributed by atoms with Crippen LogP contribution in [-0.2, 0) is 0 Å². The van der Waals surface area contributed by atoms with E-state index in [0.29, 0.717) is 18.0 Å². The Morgan fingerprint density at radius 2 is 2.00 bits per heavy atom. The summed E-state index contributed by atoms with van der Waals surface area (Å²) in [5, 5.41) is 3.10. The van der Waals surface area contributed by atoms with E-state index in [1.54, 1.807) is 12.1 Å². The van der Waals surface area contributed by atoms with Crippen molar-refractivity contribution in [1.29, 1.82) is 0 Å². The van der Waals surface area contributed by atoms with E-state index in [4.69, 9.17) is 5.73 Å². The molecule has 1 aliphatic carbocycles. The fraction of sp³-hybridized carbons (Fsp3) is 0.438. The summed E-state index contributed by atoms with van der Waals surface area (Å²) in [6, 6.07) is 7.31. The van der Waals surface area contributed by atoms with Gasteiger partial charge >= 0.3 is 0 Å². The molecule has 0 radical (unpaired) electrons. The molecule has 100 valence electrons. The molecule has 0 spiro atoms. The Bertz CT molecular complexity index is 516. The number of carbonyl (C=O) groups is 1. The Balaban J connectivity index is 2.03. The van der Waals surface area contributed by atoms with Gasteiger partial charge in [0.1, 0.15) is 0 Å². The molecule has 3 heteroatoms. The first-order valence-electron chi connectivity index (χ1n) is 6.64. The van der Waals surface area contributed by atoms with E-state index < -0.39 is 0 Å². The molecule has 1 aromatic carbocycles. The summed E-state index contributed by atoms with van der Waals surface area (Å²) >= 11 is 0. The molecule has 1 aromatic rings. The van der Waals surface area contributed by atoms with Crippen LogP contribution >= 0.6 is 0 Å². The predicted octanol–water partition coefficient (Wildman–Crippen LogP) is 1.92. The molecular formula is C16H20N2O. The van der Waals surface area contributed by atoms with Crippen LogP contribution in [0.1, 0.15) is 42.6 Å². The van der Waals surface area contributed by atoms with Crippen LogP contribution in [-0.4, -0.2) is 18.0 Å². The van der Waals surface area contributed by atoms with Crippen molar-refractivity contribution in [3.63, 3.8) is 0 Å². The van der Waals surface area contributed by atoms with E-state index >= 15 is 0 Å². The second kappa shape index (κ2) is 5.46. The number of carbonyl (C=O) groups excluding carboxylic acids is 1. The Labute approximate surface area is 114 Å². The highest BCUT2D eigenvalue weighted by Crippen LogP contribution is 2.39. The average Bonchev–Trinajstić information content (AvgIpc) is 3.21. The molecule has 0 aliphatic heterocycles. The van der Waals surface area contributed by atoms with Gasteiger partial charge in [0, 0.05) is 16.7 Å². The number of benzene rings is 1. The van der Waals surface area contributed by atoms with Crippen LogP contribution in [0.3, 0.4) is 0 Å². The van der Waals surface area contributed by atoms with Crippen LogP contribution in [0.5, 0.6) is 0 Å². The Morgan fingerprint density at radius 1 is 1.37 bits per heavy atom. The van der Waals surface area contributed by atoms with E-state index in [1.165, 1.54) is 12.8 Å². The van der Waals surface area contributed by atoms with Crippen LogP contribution in [0, 0.1) is 17.8 Å². The zero-order valence-corrected chi connectivity index (χ0v) is 11.5. The predicted molar refractivity (Wildman–Crippen MR) is 76.6 cm³/mol. The van der Waals surface area contributed by atoms with E-state index in [1.807, 2.05) is 12.1 Å². The molecule has 3 nitrogen and oxygen atoms in total. The maximum absolute atomic E-state index is 12.2. The maximum atomic E-state index is 12.2. The molecule has 0 heterocycles. The molecule has 1 amide bonds. The molecule has 19 heavy (non-hydrogen) atoms. The number of hydrogen-bond donors (Lipinski definition) is 2. The molecule has 0 aromatic heterocycles. The van der Waals surface area contributed by atoms with Gasteiger partial charge < -0.3 is 11.1 Å². The van der Waals surface area contributed by atoms with Gasteiger partial charge in [-0.05, 0) is 56.9 Å². The molecule has 0 atom stereocenters. The van der Waals surface area contributed by atoms with Crippen molar-refractivity contribution in [3.05, 3.63) is 35.4 Å². The zero-order valence-electron chi connectivity index (χ0n) is 11.5. The first-order chi connectivity index (χ1) is 9.03. The Morgan fingerprint density at radius 3 is 2.53 bits per heavy atom. The molecule has 3 N–H and O–H groups in total. The zero-order chi connectivity index (χ0) is 13.9. The summed E-state index contributed by atoms with van der Waals surface area (Å²) in [7, 11) is 0. The Hall–Kier alpha value is -1.79. The lowest BCUT2D eigenvalue weighted by Crippen LogP contribution is -2.45. The normalized spacial score (nSPS) is 14.5. The molecule has 2 rings (SSSR count). The second-order valence-corrected chi connectivity index (χ2v) is 5.53. The molecule has 1 saturated carbocycles. The van der Waals surface area contributed by atoms with Gasteiger partial charge in [0.15, 0.2) is 0 Å². The summed E-state index contributed by atoms with van der Waals surface area (Å²) in [6.45, 7) is 4.52. The first-order valence-corrected chi connectivity index (χ1v) is 6.64. The van der Waals surface area contributed by atoms with Crippen molar-refractivity contribution in [2.75, 3.05) is 6.54 Å². The van der Waals surface area contributed by atoms with Crippen molar-refractivity contribution < 1.29 is 4.79 Å². The lowest BCUT2D eigenvalue weighted by Gasteiger charge is -2.26. The fourth-order valence-corrected chi connectivity index (χ4v) is 2.13. The van der Waals surface area contributed by atoms with Crippen molar-refractivity contribution in [2.24, 2.45) is 11.7 Å². The Kier molecular flexibility index (Phi) is 3.92. The molecule has 0 unspecified atom stereocenters. The third-order valence-electron chi connectivity index (χ3n) is 3.52. The minimum absolute atomic E-state index is 0.0183. The number of amides is 1. The largest absolute Gasteiger partial charge is 0.347 e. The minimum Gasteiger partial charge on any atom is -0.347 e. The number of nitrogens with two attached hydrogens (primary N) is 1. The summed E-state index contributed by atoms with van der Waals surface area (Å²) in [6.07, 6.45) is 2.42. The third-order valence-corrected chi connectivity index (χ3v) is 3.52. The smallest absolute Gasteiger partial charge is 0.251 e. The van der Waals surface area contributed by atoms with Crippen LogP contribution in [0.15, 0.2) is 24.3 Å². The van der Waals surface area contributed by atoms with E-state index in [2.05, 4.69) is 31.0 Å². The van der Waals surface area contributed by atoms with Crippen molar-refractivity contribution in [3.8, 4) is 11.8 Å². The van der Waals surface area contributed by atoms with Crippen LogP contribution in [0.4, 0.5) is 0 Å². The highest BCUT2D eigenvalue weighted by atomic mass is 16.1. The summed E-state index contributed by atoms with van der Waals surface area (Å²) in [5.41, 5.74) is 6.76. The van der Waals surface area contributed by atoms with Crippen LogP contribution < -0.4 is 11.1 Å². The molecular weight excluding hydrogens is 236 g/mol. The second-order valence-electron chi connectivity index (χ2n) is 5.53. The van der Waals surface area contributed by atoms with Crippen molar-refractivity contribution in [1.82, 2.24) is 5.32 Å². The lowest BCUT2D eigenvalue weighted by molar-refractivity contribution is 0.0903. The van der Waals surface area contributed by atoms with Gasteiger partial charge in [0.25, 0.3) is 5.91 Å². The van der Waals surface area contributed by atoms with E-state index in [9.17, 15) is 4.79 Å². The highest BCUT2D eigenvalue weighted by Gasteiger charge is 2.38. The highest BCUT2D eigenvalue weighted by molar-refractivity contribution is 5.94. The van der Waals surface area contributed by atoms with Gasteiger partial charge in [0.05, 0.1) is 6.54 Å². The standard InChI is InChI=1S/C16H20N2O/c1-16(2,14-9-10-14)18-15(19)13-7-5-12(6-8-13)4-3-11-17/h5-8,14H,9-11,17H2,1-2H3,(H,18,19). The van der Waals surface area contributed by atoms with Gasteiger partial charge in [-0.25, -0.2) is 0 Å². The van der Waals surface area contributed by atoms with Crippen LogP contribution in [0.25, 0.3) is 0 Å². The summed E-state index contributed by atoms with van der Waals surface area (Å²) in [5.74, 6) is 6.33. The van der Waals surface area contributed by atoms with Crippen LogP contribution in [0.2, 0.25) is 0 Å². The van der Waals surface area contributed by atoms with Gasteiger partial charge in [-0.3, -0.25) is 4.79 Å². The van der Waals surface area contributed by atoms with Crippen molar-refractivity contribution in [2.45, 2.75) is 32.2 Å². The summed E-state index contributed by atoms with van der Waals surface area (Å²) < 4.78 is 0. The molecule has 0 bridgehead atoms. The van der Waals surface area contributed by atoms with E-state index in [0.717, 1.165) is 5.56 Å². The number of rotatable bonds is 3. The van der Waals surface area contributed by atoms with E-state index in [-0.39, 0.29) is 11.4 Å². The lowest BCUT2D eigenvalue weighted by atomic mass is 9.98. The maximum Gasteiger partial charge on any atom is 0.251 e. The molecule has 0 saturated heterocycles. The molecule has 1 fully saturated rings. The number of hydrogen-bond acceptors (Lipinski definition) is 2. The van der Waals surface area contributed by atoms with Gasteiger partial charge in [-0.15, -0.1) is 0 Å². The van der Waals surface area contributed by atoms with Gasteiger partial charge in [-0.2, -0.15) is 0 Å². The minimum atomic E-state index is -0.116. The van der Waals surface area contributed by atoms with Gasteiger partial charge in [-0.1, -0.05) is 11.8 Å². The number of nitrogens with one attached hydrogen (secondary N) is 1. The quantitative estimate of drug-likeness (QED) is 0.812. The topological polar surface area (TPSA) is 55.1 Å². The monoisotopic (exact) mass is 256 g/mol. The van der Waals surface area contributed by atoms with Crippen molar-refractivity contribution >= 4 is 5.91 Å². The molecule has 1 aliphatic rings. The fourth-order valence-electron chi connectivity index (χ4n) is 2.13. The third kappa shape index (κ3) is 3.59. The SMILES string of the molecule is CC(C)(NC(=O)c1ccc(C#CCN)cc1)C1CC1. The first kappa shape index (κ1) is 13.6. The summed E-state index contributed by atoms with van der Waals surface area (Å²) in [4.78, 5) is 12.2.